The van der Waals surface area contributed by atoms with Gasteiger partial charge in [-0.25, -0.2) is 0 Å². The summed E-state index contributed by atoms with van der Waals surface area (Å²) in [7, 11) is 0. The third-order valence-corrected chi connectivity index (χ3v) is 2.49. The van der Waals surface area contributed by atoms with Gasteiger partial charge in [-0.1, -0.05) is 36.6 Å². The molecule has 0 fully saturated rings. The van der Waals surface area contributed by atoms with E-state index in [0.717, 1.165) is 11.3 Å². The second-order valence-corrected chi connectivity index (χ2v) is 3.70. The molecule has 1 aromatic rings. The van der Waals surface area contributed by atoms with Gasteiger partial charge in [-0.2, -0.15) is 0 Å². The molecule has 0 N–H and O–H groups in total. The van der Waals surface area contributed by atoms with Crippen LogP contribution in [-0.4, -0.2) is 16.5 Å². The molecule has 0 saturated carbocycles. The van der Waals surface area contributed by atoms with Crippen molar-refractivity contribution in [3.8, 4) is 0 Å². The van der Waals surface area contributed by atoms with Crippen LogP contribution in [0.15, 0.2) is 30.9 Å². The van der Waals surface area contributed by atoms with Gasteiger partial charge in [-0.15, -0.1) is 10.2 Å². The smallest absolute Gasteiger partial charge is 0.150 e. The van der Waals surface area contributed by atoms with Gasteiger partial charge in [0.15, 0.2) is 6.29 Å². The van der Waals surface area contributed by atoms with Crippen LogP contribution >= 0.6 is 11.3 Å². The van der Waals surface area contributed by atoms with Crippen molar-refractivity contribution >= 4 is 23.2 Å². The Morgan fingerprint density at radius 3 is 2.43 bits per heavy atom. The molecule has 4 heteroatoms. The summed E-state index contributed by atoms with van der Waals surface area (Å²) in [6.45, 7) is 9.05. The summed E-state index contributed by atoms with van der Waals surface area (Å²) in [5.74, 6) is 0. The minimum absolute atomic E-state index is 0.483. The van der Waals surface area contributed by atoms with E-state index in [1.165, 1.54) is 17.4 Å². The number of allylic oxidation sites excluding steroid dienone is 4. The zero-order chi connectivity index (χ0) is 10.6. The summed E-state index contributed by atoms with van der Waals surface area (Å²) >= 11 is 1.42. The van der Waals surface area contributed by atoms with Crippen molar-refractivity contribution in [3.63, 3.8) is 0 Å². The van der Waals surface area contributed by atoms with Crippen LogP contribution in [0, 0.1) is 6.92 Å². The van der Waals surface area contributed by atoms with Crippen LogP contribution in [0.25, 0.3) is 5.57 Å². The van der Waals surface area contributed by atoms with Crippen molar-refractivity contribution in [1.82, 2.24) is 10.2 Å². The van der Waals surface area contributed by atoms with Crippen LogP contribution in [-0.2, 0) is 4.79 Å². The lowest BCUT2D eigenvalue weighted by Gasteiger charge is -1.97. The minimum Gasteiger partial charge on any atom is -0.298 e. The number of aldehydes is 1. The molecule has 0 aromatic carbocycles. The maximum Gasteiger partial charge on any atom is 0.150 e. The van der Waals surface area contributed by atoms with Crippen molar-refractivity contribution in [1.29, 1.82) is 0 Å². The molecule has 0 amide bonds. The third kappa shape index (κ3) is 2.03. The second-order valence-electron chi connectivity index (χ2n) is 2.52. The van der Waals surface area contributed by atoms with Crippen molar-refractivity contribution < 1.29 is 4.79 Å². The molecule has 0 unspecified atom stereocenters. The number of rotatable bonds is 4. The van der Waals surface area contributed by atoms with Gasteiger partial charge in [0.25, 0.3) is 0 Å². The molecule has 0 atom stereocenters. The highest BCUT2D eigenvalue weighted by Crippen LogP contribution is 2.22. The van der Waals surface area contributed by atoms with E-state index >= 15 is 0 Å². The predicted octanol–water partition coefficient (Wildman–Crippen LogP) is 2.17. The Morgan fingerprint density at radius 1 is 1.36 bits per heavy atom. The minimum atomic E-state index is 0.483. The first-order chi connectivity index (χ1) is 6.72. The number of carbonyl (C=O) groups excluding carboxylic acids is 1. The molecule has 72 valence electrons. The number of hydrogen-bond donors (Lipinski definition) is 0. The van der Waals surface area contributed by atoms with E-state index in [1.807, 2.05) is 6.92 Å². The molecule has 3 nitrogen and oxygen atoms in total. The van der Waals surface area contributed by atoms with E-state index < -0.39 is 0 Å². The van der Waals surface area contributed by atoms with Crippen LogP contribution in [0.5, 0.6) is 0 Å². The molecule has 0 radical (unpaired) electrons. The molecule has 1 rings (SSSR count). The normalized spacial score (nSPS) is 11.8. The number of aromatic nitrogens is 2. The Hall–Kier alpha value is -1.55. The lowest BCUT2D eigenvalue weighted by Crippen LogP contribution is -1.87. The van der Waals surface area contributed by atoms with Crippen LogP contribution in [0.3, 0.4) is 0 Å². The second kappa shape index (κ2) is 4.62. The Kier molecular flexibility index (Phi) is 3.48. The summed E-state index contributed by atoms with van der Waals surface area (Å²) in [5, 5.41) is 9.36. The Labute approximate surface area is 86.5 Å². The standard InChI is InChI=1S/C10H10N2OS/c1-4-8(6-13)9(5-2)10-12-11-7(3)14-10/h4-6H,1-2H2,3H3/b9-8-. The maximum atomic E-state index is 10.7. The van der Waals surface area contributed by atoms with Gasteiger partial charge < -0.3 is 0 Å². The van der Waals surface area contributed by atoms with Crippen molar-refractivity contribution in [2.75, 3.05) is 0 Å². The molecule has 0 bridgehead atoms. The molecule has 0 aliphatic carbocycles. The van der Waals surface area contributed by atoms with Gasteiger partial charge >= 0.3 is 0 Å². The summed E-state index contributed by atoms with van der Waals surface area (Å²) in [6.07, 6.45) is 3.81. The third-order valence-electron chi connectivity index (χ3n) is 1.62. The first kappa shape index (κ1) is 10.5. The van der Waals surface area contributed by atoms with Crippen molar-refractivity contribution in [2.45, 2.75) is 6.92 Å². The lowest BCUT2D eigenvalue weighted by atomic mass is 10.1. The average molecular weight is 206 g/mol. The molecule has 0 spiro atoms. The Morgan fingerprint density at radius 2 is 2.07 bits per heavy atom. The monoisotopic (exact) mass is 206 g/mol. The van der Waals surface area contributed by atoms with Gasteiger partial charge in [-0.05, 0) is 6.92 Å². The molecule has 0 aliphatic heterocycles. The first-order valence-corrected chi connectivity index (χ1v) is 4.79. The Bertz CT molecular complexity index is 394. The van der Waals surface area contributed by atoms with E-state index in [-0.39, 0.29) is 0 Å². The fraction of sp³-hybridized carbons (Fsp3) is 0.100. The largest absolute Gasteiger partial charge is 0.298 e. The predicted molar refractivity (Wildman–Crippen MR) is 58.0 cm³/mol. The van der Waals surface area contributed by atoms with Crippen molar-refractivity contribution in [3.05, 3.63) is 40.9 Å². The molecular formula is C10H10N2OS. The van der Waals surface area contributed by atoms with Crippen LogP contribution < -0.4 is 0 Å². The van der Waals surface area contributed by atoms with Gasteiger partial charge in [0.2, 0.25) is 0 Å². The summed E-state index contributed by atoms with van der Waals surface area (Å²) < 4.78 is 0. The van der Waals surface area contributed by atoms with E-state index in [0.29, 0.717) is 16.2 Å². The van der Waals surface area contributed by atoms with Crippen LogP contribution in [0.2, 0.25) is 0 Å². The quantitative estimate of drug-likeness (QED) is 0.431. The van der Waals surface area contributed by atoms with Crippen molar-refractivity contribution in [2.24, 2.45) is 0 Å². The van der Waals surface area contributed by atoms with E-state index in [4.69, 9.17) is 0 Å². The van der Waals surface area contributed by atoms with E-state index in [9.17, 15) is 4.79 Å². The van der Waals surface area contributed by atoms with E-state index in [1.54, 1.807) is 6.08 Å². The lowest BCUT2D eigenvalue weighted by molar-refractivity contribution is -0.104. The zero-order valence-electron chi connectivity index (χ0n) is 7.86. The Balaban J connectivity index is 3.27. The number of nitrogens with zero attached hydrogens (tertiary/aromatic N) is 2. The number of hydrogen-bond acceptors (Lipinski definition) is 4. The first-order valence-electron chi connectivity index (χ1n) is 3.97. The van der Waals surface area contributed by atoms with Gasteiger partial charge in [0.05, 0.1) is 0 Å². The van der Waals surface area contributed by atoms with Gasteiger partial charge in [0.1, 0.15) is 10.0 Å². The molecule has 0 saturated heterocycles. The average Bonchev–Trinajstić information content (AvgIpc) is 2.60. The van der Waals surface area contributed by atoms with Gasteiger partial charge in [-0.3, -0.25) is 4.79 Å². The fourth-order valence-corrected chi connectivity index (χ4v) is 1.71. The molecular weight excluding hydrogens is 196 g/mol. The molecule has 1 aromatic heterocycles. The number of carbonyl (C=O) groups is 1. The fourth-order valence-electron chi connectivity index (χ4n) is 0.956. The maximum absolute atomic E-state index is 10.7. The number of aryl methyl sites for hydroxylation is 1. The zero-order valence-corrected chi connectivity index (χ0v) is 8.67. The van der Waals surface area contributed by atoms with Crippen LogP contribution in [0.1, 0.15) is 10.0 Å². The highest BCUT2D eigenvalue weighted by Gasteiger charge is 2.07. The SMILES string of the molecule is C=C/C(C=O)=C(\C=C)c1nnc(C)s1. The highest BCUT2D eigenvalue weighted by atomic mass is 32.1. The highest BCUT2D eigenvalue weighted by molar-refractivity contribution is 7.12. The topological polar surface area (TPSA) is 42.9 Å². The summed E-state index contributed by atoms with van der Waals surface area (Å²) in [6, 6.07) is 0. The van der Waals surface area contributed by atoms with E-state index in [2.05, 4.69) is 23.4 Å². The van der Waals surface area contributed by atoms with Gasteiger partial charge in [0, 0.05) is 11.1 Å². The summed E-state index contributed by atoms with van der Waals surface area (Å²) in [5.41, 5.74) is 1.16. The van der Waals surface area contributed by atoms with Crippen LogP contribution in [0.4, 0.5) is 0 Å². The molecule has 0 aliphatic rings. The molecule has 14 heavy (non-hydrogen) atoms. The summed E-state index contributed by atoms with van der Waals surface area (Å²) in [4.78, 5) is 10.7. The molecule has 1 heterocycles.